The molecule has 1 aromatic rings. The minimum atomic E-state index is -0.0980. The maximum atomic E-state index is 11.7. The Balaban J connectivity index is 2.11. The Morgan fingerprint density at radius 2 is 2.09 bits per heavy atom. The largest absolute Gasteiger partial charge is 0.467 e. The fourth-order valence-electron chi connectivity index (χ4n) is 1.93. The lowest BCUT2D eigenvalue weighted by molar-refractivity contribution is -0.120. The van der Waals surface area contributed by atoms with E-state index in [-0.39, 0.29) is 12.5 Å². The first-order valence-corrected chi connectivity index (χ1v) is 7.85. The van der Waals surface area contributed by atoms with Crippen molar-refractivity contribution in [3.05, 3.63) is 24.2 Å². The highest BCUT2D eigenvalue weighted by Crippen LogP contribution is 2.04. The second-order valence-electron chi connectivity index (χ2n) is 5.60. The number of guanidine groups is 1. The van der Waals surface area contributed by atoms with Crippen LogP contribution >= 0.6 is 0 Å². The molecule has 0 unspecified atom stereocenters. The van der Waals surface area contributed by atoms with Gasteiger partial charge in [-0.3, -0.25) is 9.79 Å². The molecule has 1 heterocycles. The topological polar surface area (TPSA) is 78.7 Å². The summed E-state index contributed by atoms with van der Waals surface area (Å²) in [5, 5.41) is 8.98. The molecule has 1 rings (SSSR count). The van der Waals surface area contributed by atoms with Crippen molar-refractivity contribution in [2.75, 3.05) is 20.1 Å². The van der Waals surface area contributed by atoms with Crippen molar-refractivity contribution >= 4 is 11.9 Å². The van der Waals surface area contributed by atoms with Crippen LogP contribution in [0.4, 0.5) is 0 Å². The minimum Gasteiger partial charge on any atom is -0.467 e. The summed E-state index contributed by atoms with van der Waals surface area (Å²) in [6.07, 6.45) is 5.13. The zero-order valence-corrected chi connectivity index (χ0v) is 13.8. The maximum absolute atomic E-state index is 11.7. The molecule has 0 aliphatic carbocycles. The Labute approximate surface area is 132 Å². The third-order valence-electron chi connectivity index (χ3n) is 3.18. The van der Waals surface area contributed by atoms with E-state index in [0.29, 0.717) is 12.5 Å². The zero-order chi connectivity index (χ0) is 16.2. The van der Waals surface area contributed by atoms with Crippen LogP contribution in [0.3, 0.4) is 0 Å². The molecule has 22 heavy (non-hydrogen) atoms. The number of aliphatic imine (C=N–C) groups is 1. The lowest BCUT2D eigenvalue weighted by Gasteiger charge is -2.12. The number of rotatable bonds is 9. The molecule has 0 aromatic carbocycles. The van der Waals surface area contributed by atoms with Crippen LogP contribution in [0.2, 0.25) is 0 Å². The molecule has 6 nitrogen and oxygen atoms in total. The van der Waals surface area contributed by atoms with Gasteiger partial charge in [0.2, 0.25) is 5.91 Å². The van der Waals surface area contributed by atoms with Crippen molar-refractivity contribution in [2.45, 2.75) is 39.7 Å². The normalized spacial score (nSPS) is 11.5. The number of carbonyl (C=O) groups is 1. The van der Waals surface area contributed by atoms with Crippen LogP contribution in [-0.2, 0) is 11.3 Å². The van der Waals surface area contributed by atoms with Gasteiger partial charge in [0.25, 0.3) is 0 Å². The first-order valence-electron chi connectivity index (χ1n) is 7.85. The molecule has 0 fully saturated rings. The number of amides is 1. The van der Waals surface area contributed by atoms with Gasteiger partial charge < -0.3 is 20.4 Å². The van der Waals surface area contributed by atoms with E-state index < -0.39 is 0 Å². The van der Waals surface area contributed by atoms with E-state index in [9.17, 15) is 4.79 Å². The van der Waals surface area contributed by atoms with Gasteiger partial charge in [-0.2, -0.15) is 0 Å². The highest BCUT2D eigenvalue weighted by Gasteiger charge is 2.04. The molecule has 0 atom stereocenters. The number of unbranched alkanes of at least 4 members (excludes halogenated alkanes) is 1. The third-order valence-corrected chi connectivity index (χ3v) is 3.18. The molecule has 0 aliphatic rings. The van der Waals surface area contributed by atoms with Gasteiger partial charge in [-0.15, -0.1) is 0 Å². The van der Waals surface area contributed by atoms with Crippen LogP contribution in [0.15, 0.2) is 27.8 Å². The van der Waals surface area contributed by atoms with Gasteiger partial charge in [0, 0.05) is 13.6 Å². The fourth-order valence-corrected chi connectivity index (χ4v) is 1.93. The molecule has 6 heteroatoms. The molecule has 0 saturated carbocycles. The van der Waals surface area contributed by atoms with Crippen LogP contribution in [-0.4, -0.2) is 32.0 Å². The van der Waals surface area contributed by atoms with Crippen LogP contribution < -0.4 is 16.0 Å². The lowest BCUT2D eigenvalue weighted by Crippen LogP contribution is -2.43. The minimum absolute atomic E-state index is 0.0980. The van der Waals surface area contributed by atoms with E-state index in [1.54, 1.807) is 19.4 Å². The summed E-state index contributed by atoms with van der Waals surface area (Å²) in [6.45, 7) is 5.91. The van der Waals surface area contributed by atoms with Crippen molar-refractivity contribution in [1.82, 2.24) is 16.0 Å². The fraction of sp³-hybridized carbons (Fsp3) is 0.625. The van der Waals surface area contributed by atoms with E-state index in [1.807, 2.05) is 6.07 Å². The van der Waals surface area contributed by atoms with Crippen molar-refractivity contribution < 1.29 is 9.21 Å². The number of nitrogens with zero attached hydrogens (tertiary/aromatic N) is 1. The molecule has 0 bridgehead atoms. The molecule has 1 amide bonds. The smallest absolute Gasteiger partial charge is 0.239 e. The Morgan fingerprint density at radius 1 is 1.27 bits per heavy atom. The Bertz CT molecular complexity index is 441. The van der Waals surface area contributed by atoms with Gasteiger partial charge in [0.15, 0.2) is 5.96 Å². The summed E-state index contributed by atoms with van der Waals surface area (Å²) in [7, 11) is 1.70. The standard InChI is InChI=1S/C16H28N4O2/c1-13(2)7-4-5-9-18-16(17-3)20-12-15(21)19-11-14-8-6-10-22-14/h6,8,10,13H,4-5,7,9,11-12H2,1-3H3,(H,19,21)(H2,17,18,20). The molecule has 1 aromatic heterocycles. The quantitative estimate of drug-likeness (QED) is 0.370. The zero-order valence-electron chi connectivity index (χ0n) is 13.8. The van der Waals surface area contributed by atoms with E-state index in [4.69, 9.17) is 4.42 Å². The summed E-state index contributed by atoms with van der Waals surface area (Å²) < 4.78 is 5.15. The van der Waals surface area contributed by atoms with E-state index in [2.05, 4.69) is 34.8 Å². The molecular weight excluding hydrogens is 280 g/mol. The van der Waals surface area contributed by atoms with Crippen LogP contribution in [0.1, 0.15) is 38.9 Å². The van der Waals surface area contributed by atoms with Gasteiger partial charge >= 0.3 is 0 Å². The Morgan fingerprint density at radius 3 is 2.73 bits per heavy atom. The summed E-state index contributed by atoms with van der Waals surface area (Å²) in [6, 6.07) is 3.62. The second-order valence-corrected chi connectivity index (χ2v) is 5.60. The Kier molecular flexibility index (Phi) is 8.79. The predicted octanol–water partition coefficient (Wildman–Crippen LogP) is 1.89. The number of hydrogen-bond donors (Lipinski definition) is 3. The molecule has 0 radical (unpaired) electrons. The predicted molar refractivity (Wildman–Crippen MR) is 88.6 cm³/mol. The summed E-state index contributed by atoms with van der Waals surface area (Å²) in [5.74, 6) is 2.04. The van der Waals surface area contributed by atoms with E-state index >= 15 is 0 Å². The van der Waals surface area contributed by atoms with Crippen molar-refractivity contribution in [3.63, 3.8) is 0 Å². The maximum Gasteiger partial charge on any atom is 0.239 e. The van der Waals surface area contributed by atoms with Crippen LogP contribution in [0.25, 0.3) is 0 Å². The number of hydrogen-bond acceptors (Lipinski definition) is 3. The molecular formula is C16H28N4O2. The molecule has 0 saturated heterocycles. The average molecular weight is 308 g/mol. The number of carbonyl (C=O) groups excluding carboxylic acids is 1. The molecule has 124 valence electrons. The van der Waals surface area contributed by atoms with Gasteiger partial charge in [-0.25, -0.2) is 0 Å². The van der Waals surface area contributed by atoms with Gasteiger partial charge in [-0.05, 0) is 24.5 Å². The van der Waals surface area contributed by atoms with E-state index in [1.165, 1.54) is 12.8 Å². The first-order chi connectivity index (χ1) is 10.6. The Hall–Kier alpha value is -1.98. The van der Waals surface area contributed by atoms with Crippen LogP contribution in [0, 0.1) is 5.92 Å². The third kappa shape index (κ3) is 8.34. The van der Waals surface area contributed by atoms with E-state index in [0.717, 1.165) is 24.6 Å². The highest BCUT2D eigenvalue weighted by atomic mass is 16.3. The van der Waals surface area contributed by atoms with Crippen molar-refractivity contribution in [1.29, 1.82) is 0 Å². The summed E-state index contributed by atoms with van der Waals surface area (Å²) >= 11 is 0. The monoisotopic (exact) mass is 308 g/mol. The summed E-state index contributed by atoms with van der Waals surface area (Å²) in [5.41, 5.74) is 0. The number of furan rings is 1. The average Bonchev–Trinajstić information content (AvgIpc) is 3.01. The lowest BCUT2D eigenvalue weighted by atomic mass is 10.1. The van der Waals surface area contributed by atoms with Gasteiger partial charge in [0.1, 0.15) is 5.76 Å². The summed E-state index contributed by atoms with van der Waals surface area (Å²) in [4.78, 5) is 15.8. The van der Waals surface area contributed by atoms with Gasteiger partial charge in [0.05, 0.1) is 19.4 Å². The first kappa shape index (κ1) is 18.1. The van der Waals surface area contributed by atoms with Crippen molar-refractivity contribution in [3.8, 4) is 0 Å². The highest BCUT2D eigenvalue weighted by molar-refractivity contribution is 5.86. The second kappa shape index (κ2) is 10.7. The van der Waals surface area contributed by atoms with Gasteiger partial charge in [-0.1, -0.05) is 26.7 Å². The number of nitrogens with one attached hydrogen (secondary N) is 3. The SMILES string of the molecule is CN=C(NCCCCC(C)C)NCC(=O)NCc1ccco1. The van der Waals surface area contributed by atoms with Crippen molar-refractivity contribution in [2.24, 2.45) is 10.9 Å². The molecule has 3 N–H and O–H groups in total. The molecule has 0 spiro atoms. The van der Waals surface area contributed by atoms with Crippen LogP contribution in [0.5, 0.6) is 0 Å². The molecule has 0 aliphatic heterocycles.